The second kappa shape index (κ2) is 55.1. The second-order valence-corrected chi connectivity index (χ2v) is 0. The zero-order valence-corrected chi connectivity index (χ0v) is 5.68. The Morgan fingerprint density at radius 1 is 0.600 bits per heavy atom. The minimum atomic E-state index is 0. The Bertz CT molecular complexity index is 6.85. The van der Waals surface area contributed by atoms with Crippen molar-refractivity contribution in [1.82, 2.24) is 0 Å². The maximum Gasteiger partial charge on any atom is 0 e. The molecule has 0 aromatic rings. The molecule has 5 heavy (non-hydrogen) atoms. The average molecular weight is 126 g/mol. The molecule has 5 heteroatoms. The third-order valence-corrected chi connectivity index (χ3v) is 0. The molecule has 0 amide bonds. The van der Waals surface area contributed by atoms with E-state index in [1.807, 2.05) is 0 Å². The molecule has 0 aromatic carbocycles. The van der Waals surface area contributed by atoms with Gasteiger partial charge in [0.05, 0.1) is 0 Å². The van der Waals surface area contributed by atoms with Crippen LogP contribution in [0.5, 0.6) is 0 Å². The molecule has 0 aromatic heterocycles. The van der Waals surface area contributed by atoms with Gasteiger partial charge in [0.1, 0.15) is 0 Å². The van der Waals surface area contributed by atoms with Crippen LogP contribution in [-0.4, -0.2) is 39.5 Å². The molecule has 0 rings (SSSR count). The van der Waals surface area contributed by atoms with Crippen molar-refractivity contribution < 1.29 is 38.1 Å². The summed E-state index contributed by atoms with van der Waals surface area (Å²) in [6.45, 7) is 0. The van der Waals surface area contributed by atoms with Crippen molar-refractivity contribution in [2.24, 2.45) is 0 Å². The molecule has 0 heterocycles. The molecule has 0 aliphatic rings. The van der Waals surface area contributed by atoms with E-state index in [1.54, 1.807) is 0 Å². The van der Waals surface area contributed by atoms with Gasteiger partial charge in [0.25, 0.3) is 0 Å². The minimum Gasteiger partial charge on any atom is -0.412 e. The standard InChI is InChI=1S/Mg.3H2O.Ti/h;3*1H2;. The maximum atomic E-state index is 0. The Balaban J connectivity index is 0. The molecule has 0 aliphatic carbocycles. The van der Waals surface area contributed by atoms with Gasteiger partial charge >= 0.3 is 0 Å². The molecule has 0 fully saturated rings. The molecule has 0 unspecified atom stereocenters. The summed E-state index contributed by atoms with van der Waals surface area (Å²) in [7, 11) is 0. The fourth-order valence-corrected chi connectivity index (χ4v) is 0. The van der Waals surface area contributed by atoms with Gasteiger partial charge in [-0.15, -0.1) is 0 Å². The first-order valence-electron chi connectivity index (χ1n) is 0. The summed E-state index contributed by atoms with van der Waals surface area (Å²) in [5.74, 6) is 0. The van der Waals surface area contributed by atoms with Crippen LogP contribution in [-0.2, 0) is 21.7 Å². The molecule has 0 bridgehead atoms. The fourth-order valence-electron chi connectivity index (χ4n) is 0. The molecule has 30 valence electrons. The molecule has 0 saturated heterocycles. The molecular weight excluding hydrogens is 120 g/mol. The topological polar surface area (TPSA) is 94.5 Å². The molecule has 0 saturated carbocycles. The van der Waals surface area contributed by atoms with E-state index in [2.05, 4.69) is 0 Å². The van der Waals surface area contributed by atoms with Crippen molar-refractivity contribution in [3.8, 4) is 0 Å². The predicted octanol–water partition coefficient (Wildman–Crippen LogP) is -2.86. The zero-order valence-electron chi connectivity index (χ0n) is 2.71. The number of hydrogen-bond acceptors (Lipinski definition) is 0. The maximum absolute atomic E-state index is 0. The van der Waals surface area contributed by atoms with Crippen LogP contribution in [0.1, 0.15) is 0 Å². The molecule has 0 spiro atoms. The molecule has 2 radical (unpaired) electrons. The Morgan fingerprint density at radius 3 is 0.600 bits per heavy atom. The van der Waals surface area contributed by atoms with Crippen molar-refractivity contribution >= 4 is 23.1 Å². The quantitative estimate of drug-likeness (QED) is 0.312. The van der Waals surface area contributed by atoms with E-state index in [0.717, 1.165) is 0 Å². The van der Waals surface area contributed by atoms with E-state index >= 15 is 0 Å². The van der Waals surface area contributed by atoms with Gasteiger partial charge in [-0.3, -0.25) is 0 Å². The Labute approximate surface area is 61.1 Å². The summed E-state index contributed by atoms with van der Waals surface area (Å²) in [6, 6.07) is 0. The first-order valence-corrected chi connectivity index (χ1v) is 0. The first-order chi connectivity index (χ1) is 0. The predicted molar refractivity (Wildman–Crippen MR) is 16.6 cm³/mol. The minimum absolute atomic E-state index is 0. The van der Waals surface area contributed by atoms with E-state index < -0.39 is 0 Å². The summed E-state index contributed by atoms with van der Waals surface area (Å²) in [4.78, 5) is 0. The van der Waals surface area contributed by atoms with E-state index in [0.29, 0.717) is 0 Å². The van der Waals surface area contributed by atoms with Crippen molar-refractivity contribution in [1.29, 1.82) is 0 Å². The van der Waals surface area contributed by atoms with Crippen molar-refractivity contribution in [2.75, 3.05) is 0 Å². The summed E-state index contributed by atoms with van der Waals surface area (Å²) in [5.41, 5.74) is 0. The van der Waals surface area contributed by atoms with Gasteiger partial charge in [0.15, 0.2) is 0 Å². The van der Waals surface area contributed by atoms with E-state index in [9.17, 15) is 0 Å². The van der Waals surface area contributed by atoms with Crippen LogP contribution in [0.3, 0.4) is 0 Å². The van der Waals surface area contributed by atoms with Gasteiger partial charge in [-0.1, -0.05) is 0 Å². The van der Waals surface area contributed by atoms with Crippen molar-refractivity contribution in [2.45, 2.75) is 0 Å². The largest absolute Gasteiger partial charge is 0.412 e. The summed E-state index contributed by atoms with van der Waals surface area (Å²) in [5, 5.41) is 0. The normalized spacial score (nSPS) is 0. The van der Waals surface area contributed by atoms with E-state index in [-0.39, 0.29) is 61.2 Å². The van der Waals surface area contributed by atoms with Gasteiger partial charge in [-0.25, -0.2) is 0 Å². The first kappa shape index (κ1) is 98.7. The average Bonchev–Trinajstić information content (AvgIpc) is 0. The molecule has 3 nitrogen and oxygen atoms in total. The van der Waals surface area contributed by atoms with E-state index in [1.165, 1.54) is 0 Å². The third-order valence-electron chi connectivity index (χ3n) is 0. The number of rotatable bonds is 0. The van der Waals surface area contributed by atoms with Gasteiger partial charge in [-0.2, -0.15) is 0 Å². The third kappa shape index (κ3) is 32.7. The smallest absolute Gasteiger partial charge is 0 e. The molecule has 0 atom stereocenters. The van der Waals surface area contributed by atoms with Crippen LogP contribution in [0.15, 0.2) is 0 Å². The SMILES string of the molecule is O.O.O.[Mg].[Ti]. The van der Waals surface area contributed by atoms with E-state index in [4.69, 9.17) is 0 Å². The van der Waals surface area contributed by atoms with Crippen molar-refractivity contribution in [3.05, 3.63) is 0 Å². The Kier molecular flexibility index (Phi) is 1090. The Morgan fingerprint density at radius 2 is 0.600 bits per heavy atom. The van der Waals surface area contributed by atoms with Crippen LogP contribution in [0.4, 0.5) is 0 Å². The second-order valence-electron chi connectivity index (χ2n) is 0. The van der Waals surface area contributed by atoms with Gasteiger partial charge in [0.2, 0.25) is 0 Å². The molecule has 0 aliphatic heterocycles. The van der Waals surface area contributed by atoms with Gasteiger partial charge in [-0.05, 0) is 0 Å². The van der Waals surface area contributed by atoms with Crippen LogP contribution in [0, 0.1) is 0 Å². The van der Waals surface area contributed by atoms with Crippen LogP contribution in [0.25, 0.3) is 0 Å². The summed E-state index contributed by atoms with van der Waals surface area (Å²) in [6.07, 6.45) is 0. The molecule has 6 N–H and O–H groups in total. The monoisotopic (exact) mass is 126 g/mol. The molecular formula is H6MgO3Ti. The van der Waals surface area contributed by atoms with Crippen LogP contribution in [0.2, 0.25) is 0 Å². The van der Waals surface area contributed by atoms with Gasteiger partial charge < -0.3 is 16.4 Å². The van der Waals surface area contributed by atoms with Crippen LogP contribution < -0.4 is 0 Å². The Hall–Kier alpha value is 1.36. The van der Waals surface area contributed by atoms with Crippen molar-refractivity contribution in [3.63, 3.8) is 0 Å². The summed E-state index contributed by atoms with van der Waals surface area (Å²) >= 11 is 0. The fraction of sp³-hybridized carbons (Fsp3) is 0. The number of hydrogen-bond donors (Lipinski definition) is 0. The summed E-state index contributed by atoms with van der Waals surface area (Å²) < 4.78 is 0. The van der Waals surface area contributed by atoms with Crippen LogP contribution >= 0.6 is 0 Å². The zero-order chi connectivity index (χ0) is 0. The van der Waals surface area contributed by atoms with Gasteiger partial charge in [0, 0.05) is 44.8 Å².